The normalized spacial score (nSPS) is 15.2. The Labute approximate surface area is 171 Å². The van der Waals surface area contributed by atoms with Gasteiger partial charge >= 0.3 is 5.69 Å². The Balaban J connectivity index is 1.50. The molecule has 2 heterocycles. The van der Waals surface area contributed by atoms with Crippen LogP contribution in [0, 0.1) is 0 Å². The summed E-state index contributed by atoms with van der Waals surface area (Å²) in [5.74, 6) is 0.947. The van der Waals surface area contributed by atoms with Crippen molar-refractivity contribution in [2.24, 2.45) is 0 Å². The van der Waals surface area contributed by atoms with Crippen LogP contribution in [0.1, 0.15) is 20.3 Å². The Morgan fingerprint density at radius 3 is 2.21 bits per heavy atom. The number of anilines is 1. The molecule has 0 aliphatic carbocycles. The maximum absolute atomic E-state index is 13.0. The molecule has 0 unspecified atom stereocenters. The van der Waals surface area contributed by atoms with Gasteiger partial charge in [-0.2, -0.15) is 0 Å². The highest BCUT2D eigenvalue weighted by Gasteiger charge is 2.21. The van der Waals surface area contributed by atoms with Gasteiger partial charge in [0.15, 0.2) is 0 Å². The summed E-state index contributed by atoms with van der Waals surface area (Å²) < 4.78 is 9.63. The first-order valence-corrected chi connectivity index (χ1v) is 10.6. The molecule has 0 radical (unpaired) electrons. The van der Waals surface area contributed by atoms with Crippen LogP contribution in [0.3, 0.4) is 0 Å². The van der Waals surface area contributed by atoms with Crippen LogP contribution in [0.5, 0.6) is 5.75 Å². The quantitative estimate of drug-likeness (QED) is 0.616. The van der Waals surface area contributed by atoms with Crippen LogP contribution in [0.4, 0.5) is 5.69 Å². The standard InChI is InChI=1S/C23H30N4O2/c1-3-13-26-19-9-5-6-10-20(19)27(23(26)28)18-24-14-16-25(17-15-24)21-11-7-8-12-22(21)29-4-2/h5-12H,3-4,13-18H2,1-2H3. The molecule has 1 aliphatic rings. The van der Waals surface area contributed by atoms with Gasteiger partial charge in [0.2, 0.25) is 0 Å². The van der Waals surface area contributed by atoms with E-state index in [1.165, 1.54) is 0 Å². The summed E-state index contributed by atoms with van der Waals surface area (Å²) in [4.78, 5) is 17.8. The van der Waals surface area contributed by atoms with Crippen molar-refractivity contribution < 1.29 is 4.74 Å². The molecule has 1 fully saturated rings. The Morgan fingerprint density at radius 2 is 1.52 bits per heavy atom. The number of imidazole rings is 1. The minimum absolute atomic E-state index is 0.0946. The highest BCUT2D eigenvalue weighted by molar-refractivity contribution is 5.76. The second-order valence-corrected chi connectivity index (χ2v) is 7.50. The SMILES string of the molecule is CCCn1c(=O)n(CN2CCN(c3ccccc3OCC)CC2)c2ccccc21. The van der Waals surface area contributed by atoms with E-state index in [0.717, 1.165) is 61.6 Å². The maximum atomic E-state index is 13.0. The molecule has 0 amide bonds. The van der Waals surface area contributed by atoms with Crippen LogP contribution in [-0.2, 0) is 13.2 Å². The number of nitrogens with zero attached hydrogens (tertiary/aromatic N) is 4. The number of aryl methyl sites for hydroxylation is 1. The lowest BCUT2D eigenvalue weighted by atomic mass is 10.2. The van der Waals surface area contributed by atoms with Crippen molar-refractivity contribution in [3.05, 3.63) is 59.0 Å². The van der Waals surface area contributed by atoms with Gasteiger partial charge in [-0.15, -0.1) is 0 Å². The molecule has 0 atom stereocenters. The van der Waals surface area contributed by atoms with Crippen molar-refractivity contribution in [1.29, 1.82) is 0 Å². The lowest BCUT2D eigenvalue weighted by Crippen LogP contribution is -2.48. The molecule has 4 rings (SSSR count). The third-order valence-electron chi connectivity index (χ3n) is 5.59. The van der Waals surface area contributed by atoms with Crippen LogP contribution in [0.15, 0.2) is 53.3 Å². The van der Waals surface area contributed by atoms with Crippen molar-refractivity contribution in [2.45, 2.75) is 33.5 Å². The van der Waals surface area contributed by atoms with Gasteiger partial charge < -0.3 is 9.64 Å². The average Bonchev–Trinajstić information content (AvgIpc) is 3.01. The van der Waals surface area contributed by atoms with Crippen LogP contribution < -0.4 is 15.3 Å². The van der Waals surface area contributed by atoms with E-state index in [-0.39, 0.29) is 5.69 Å². The molecule has 0 bridgehead atoms. The molecule has 0 spiro atoms. The van der Waals surface area contributed by atoms with E-state index < -0.39 is 0 Å². The maximum Gasteiger partial charge on any atom is 0.330 e. The van der Waals surface area contributed by atoms with Gasteiger partial charge in [0.05, 0.1) is 30.0 Å². The van der Waals surface area contributed by atoms with E-state index in [9.17, 15) is 4.79 Å². The minimum Gasteiger partial charge on any atom is -0.492 e. The zero-order valence-electron chi connectivity index (χ0n) is 17.4. The molecule has 1 aromatic heterocycles. The highest BCUT2D eigenvalue weighted by atomic mass is 16.5. The zero-order valence-corrected chi connectivity index (χ0v) is 17.4. The number of aromatic nitrogens is 2. The molecule has 2 aromatic carbocycles. The number of ether oxygens (including phenoxy) is 1. The van der Waals surface area contributed by atoms with Gasteiger partial charge in [-0.05, 0) is 37.6 Å². The number of rotatable bonds is 7. The molecule has 29 heavy (non-hydrogen) atoms. The summed E-state index contributed by atoms with van der Waals surface area (Å²) in [5.41, 5.74) is 3.31. The van der Waals surface area contributed by atoms with E-state index in [2.05, 4.69) is 34.9 Å². The highest BCUT2D eigenvalue weighted by Crippen LogP contribution is 2.29. The summed E-state index contributed by atoms with van der Waals surface area (Å²) in [6.07, 6.45) is 0.950. The Bertz CT molecular complexity index is 1020. The van der Waals surface area contributed by atoms with Crippen molar-refractivity contribution >= 4 is 16.7 Å². The molecular formula is C23H30N4O2. The average molecular weight is 395 g/mol. The Kier molecular flexibility index (Phi) is 5.90. The van der Waals surface area contributed by atoms with E-state index in [0.29, 0.717) is 13.3 Å². The molecule has 6 heteroatoms. The molecular weight excluding hydrogens is 364 g/mol. The number of benzene rings is 2. The summed E-state index contributed by atoms with van der Waals surface area (Å²) in [7, 11) is 0. The third kappa shape index (κ3) is 3.90. The number of hydrogen-bond donors (Lipinski definition) is 0. The molecule has 154 valence electrons. The second-order valence-electron chi connectivity index (χ2n) is 7.50. The van der Waals surface area contributed by atoms with Crippen molar-refractivity contribution in [3.63, 3.8) is 0 Å². The third-order valence-corrected chi connectivity index (χ3v) is 5.59. The summed E-state index contributed by atoms with van der Waals surface area (Å²) in [5, 5.41) is 0. The predicted octanol–water partition coefficient (Wildman–Crippen LogP) is 3.39. The summed E-state index contributed by atoms with van der Waals surface area (Å²) in [6.45, 7) is 9.87. The van der Waals surface area contributed by atoms with Crippen LogP contribution in [0.2, 0.25) is 0 Å². The fourth-order valence-corrected chi connectivity index (χ4v) is 4.17. The monoisotopic (exact) mass is 394 g/mol. The van der Waals surface area contributed by atoms with Gasteiger partial charge in [-0.1, -0.05) is 31.2 Å². The molecule has 1 aliphatic heterocycles. The van der Waals surface area contributed by atoms with Crippen molar-refractivity contribution in [3.8, 4) is 5.75 Å². The fraction of sp³-hybridized carbons (Fsp3) is 0.435. The van der Waals surface area contributed by atoms with Gasteiger partial charge in [0, 0.05) is 32.7 Å². The smallest absolute Gasteiger partial charge is 0.330 e. The molecule has 6 nitrogen and oxygen atoms in total. The van der Waals surface area contributed by atoms with E-state index in [1.807, 2.05) is 46.4 Å². The first-order chi connectivity index (χ1) is 14.2. The predicted molar refractivity (Wildman–Crippen MR) is 118 cm³/mol. The van der Waals surface area contributed by atoms with Gasteiger partial charge in [0.1, 0.15) is 5.75 Å². The summed E-state index contributed by atoms with van der Waals surface area (Å²) in [6, 6.07) is 16.4. The van der Waals surface area contributed by atoms with Crippen molar-refractivity contribution in [1.82, 2.24) is 14.0 Å². The topological polar surface area (TPSA) is 42.6 Å². The first kappa shape index (κ1) is 19.6. The van der Waals surface area contributed by atoms with Crippen LogP contribution >= 0.6 is 0 Å². The van der Waals surface area contributed by atoms with Gasteiger partial charge in [-0.3, -0.25) is 14.0 Å². The molecule has 0 N–H and O–H groups in total. The number of fused-ring (bicyclic) bond motifs is 1. The molecule has 3 aromatic rings. The van der Waals surface area contributed by atoms with Crippen LogP contribution in [-0.4, -0.2) is 46.8 Å². The van der Waals surface area contributed by atoms with Crippen LogP contribution in [0.25, 0.3) is 11.0 Å². The number of piperazine rings is 1. The largest absolute Gasteiger partial charge is 0.492 e. The van der Waals surface area contributed by atoms with E-state index in [4.69, 9.17) is 4.74 Å². The van der Waals surface area contributed by atoms with Gasteiger partial charge in [-0.25, -0.2) is 4.79 Å². The Morgan fingerprint density at radius 1 is 0.862 bits per heavy atom. The molecule has 0 saturated carbocycles. The first-order valence-electron chi connectivity index (χ1n) is 10.6. The van der Waals surface area contributed by atoms with Gasteiger partial charge in [0.25, 0.3) is 0 Å². The zero-order chi connectivity index (χ0) is 20.2. The Hall–Kier alpha value is -2.73. The van der Waals surface area contributed by atoms with Crippen molar-refractivity contribution in [2.75, 3.05) is 37.7 Å². The fourth-order valence-electron chi connectivity index (χ4n) is 4.17. The summed E-state index contributed by atoms with van der Waals surface area (Å²) >= 11 is 0. The lowest BCUT2D eigenvalue weighted by molar-refractivity contribution is 0.205. The lowest BCUT2D eigenvalue weighted by Gasteiger charge is -2.36. The van der Waals surface area contributed by atoms with E-state index in [1.54, 1.807) is 0 Å². The molecule has 1 saturated heterocycles. The number of para-hydroxylation sites is 4. The second kappa shape index (κ2) is 8.74. The minimum atomic E-state index is 0.0946. The number of hydrogen-bond acceptors (Lipinski definition) is 4. The van der Waals surface area contributed by atoms with E-state index >= 15 is 0 Å².